The van der Waals surface area contributed by atoms with E-state index in [4.69, 9.17) is 0 Å². The fourth-order valence-electron chi connectivity index (χ4n) is 3.23. The summed E-state index contributed by atoms with van der Waals surface area (Å²) in [5, 5.41) is 12.8. The summed E-state index contributed by atoms with van der Waals surface area (Å²) in [5.74, 6) is -0.168. The Morgan fingerprint density at radius 1 is 1.36 bits per heavy atom. The monoisotopic (exact) mass is 344 g/mol. The van der Waals surface area contributed by atoms with Crippen LogP contribution < -0.4 is 5.56 Å². The average molecular weight is 344 g/mol. The molecule has 0 bridgehead atoms. The maximum absolute atomic E-state index is 13.8. The second-order valence-corrected chi connectivity index (χ2v) is 6.27. The molecule has 0 saturated carbocycles. The van der Waals surface area contributed by atoms with E-state index in [-0.39, 0.29) is 17.3 Å². The fourth-order valence-corrected chi connectivity index (χ4v) is 3.23. The Hall–Kier alpha value is -2.54. The van der Waals surface area contributed by atoms with Gasteiger partial charge in [-0.05, 0) is 37.6 Å². The lowest BCUT2D eigenvalue weighted by Gasteiger charge is -2.31. The molecule has 0 aliphatic carbocycles. The summed E-state index contributed by atoms with van der Waals surface area (Å²) < 4.78 is 13.8. The smallest absolute Gasteiger partial charge is 0.270 e. The highest BCUT2D eigenvalue weighted by Gasteiger charge is 2.25. The summed E-state index contributed by atoms with van der Waals surface area (Å²) in [6.07, 6.45) is 5.02. The van der Waals surface area contributed by atoms with E-state index in [1.807, 2.05) is 0 Å². The van der Waals surface area contributed by atoms with Crippen LogP contribution in [0.25, 0.3) is 0 Å². The number of oxime groups is 1. The molecule has 25 heavy (non-hydrogen) atoms. The molecule has 6 nitrogen and oxygen atoms in total. The molecule has 3 rings (SSSR count). The van der Waals surface area contributed by atoms with Crippen LogP contribution in [-0.2, 0) is 13.0 Å². The van der Waals surface area contributed by atoms with Crippen molar-refractivity contribution in [2.75, 3.05) is 13.1 Å². The van der Waals surface area contributed by atoms with Crippen molar-refractivity contribution in [2.45, 2.75) is 25.8 Å². The number of piperidine rings is 1. The largest absolute Gasteiger partial charge is 0.411 e. The van der Waals surface area contributed by atoms with Crippen LogP contribution in [0.3, 0.4) is 0 Å². The minimum atomic E-state index is -0.282. The zero-order chi connectivity index (χ0) is 17.6. The van der Waals surface area contributed by atoms with Crippen molar-refractivity contribution >= 4 is 5.71 Å². The van der Waals surface area contributed by atoms with Crippen LogP contribution in [0, 0.1) is 11.7 Å². The summed E-state index contributed by atoms with van der Waals surface area (Å²) in [5.41, 5.74) is 1.49. The first-order chi connectivity index (χ1) is 12.2. The van der Waals surface area contributed by atoms with Crippen molar-refractivity contribution in [2.24, 2.45) is 11.1 Å². The van der Waals surface area contributed by atoms with Gasteiger partial charge >= 0.3 is 0 Å². The molecular formula is C18H21FN4O2. The van der Waals surface area contributed by atoms with Gasteiger partial charge < -0.3 is 10.2 Å². The third kappa shape index (κ3) is 4.30. The second kappa shape index (κ2) is 8.02. The Morgan fingerprint density at radius 2 is 2.12 bits per heavy atom. The Kier molecular flexibility index (Phi) is 5.55. The number of halogens is 1. The molecule has 0 atom stereocenters. The quantitative estimate of drug-likeness (QED) is 0.495. The topological polar surface area (TPSA) is 81.6 Å². The first-order valence-corrected chi connectivity index (χ1v) is 8.36. The molecular weight excluding hydrogens is 323 g/mol. The molecule has 132 valence electrons. The van der Waals surface area contributed by atoms with Crippen molar-refractivity contribution in [3.8, 4) is 0 Å². The van der Waals surface area contributed by atoms with Crippen LogP contribution in [0.15, 0.2) is 46.6 Å². The summed E-state index contributed by atoms with van der Waals surface area (Å²) in [4.78, 5) is 20.6. The van der Waals surface area contributed by atoms with E-state index in [0.717, 1.165) is 25.9 Å². The Balaban J connectivity index is 1.58. The van der Waals surface area contributed by atoms with E-state index in [2.05, 4.69) is 20.0 Å². The maximum Gasteiger partial charge on any atom is 0.270 e. The molecule has 2 N–H and O–H groups in total. The molecule has 0 unspecified atom stereocenters. The summed E-state index contributed by atoms with van der Waals surface area (Å²) in [6.45, 7) is 2.05. The van der Waals surface area contributed by atoms with Crippen molar-refractivity contribution in [1.29, 1.82) is 0 Å². The third-order valence-corrected chi connectivity index (χ3v) is 4.67. The standard InChI is InChI=1S/C18H21FN4O2/c19-15-4-2-1-3-14(15)11-16(22-25)13-5-9-23(10-6-13)12-17-18(24)21-8-7-20-17/h1-4,7-8,13,25H,5-6,9-12H2,(H,21,24). The molecule has 1 aliphatic heterocycles. The van der Waals surface area contributed by atoms with E-state index < -0.39 is 0 Å². The first-order valence-electron chi connectivity index (χ1n) is 8.36. The number of rotatable bonds is 5. The van der Waals surface area contributed by atoms with Gasteiger partial charge in [-0.1, -0.05) is 23.4 Å². The van der Waals surface area contributed by atoms with Gasteiger partial charge in [0, 0.05) is 31.3 Å². The SMILES string of the molecule is O=c1[nH]ccnc1CN1CCC(C(Cc2ccccc2F)=NO)CC1. The van der Waals surface area contributed by atoms with Gasteiger partial charge in [0.15, 0.2) is 0 Å². The van der Waals surface area contributed by atoms with Crippen molar-refractivity contribution in [3.63, 3.8) is 0 Å². The zero-order valence-electron chi connectivity index (χ0n) is 13.9. The number of H-pyrrole nitrogens is 1. The Bertz CT molecular complexity index is 797. The highest BCUT2D eigenvalue weighted by Crippen LogP contribution is 2.22. The average Bonchev–Trinajstić information content (AvgIpc) is 2.64. The van der Waals surface area contributed by atoms with Crippen LogP contribution in [0.1, 0.15) is 24.1 Å². The highest BCUT2D eigenvalue weighted by atomic mass is 19.1. The second-order valence-electron chi connectivity index (χ2n) is 6.27. The Morgan fingerprint density at radius 3 is 2.80 bits per heavy atom. The molecule has 1 aromatic heterocycles. The van der Waals surface area contributed by atoms with Crippen molar-refractivity contribution in [3.05, 3.63) is 64.1 Å². The van der Waals surface area contributed by atoms with E-state index in [9.17, 15) is 14.4 Å². The first kappa shape index (κ1) is 17.3. The number of aromatic nitrogens is 2. The van der Waals surface area contributed by atoms with Gasteiger partial charge in [-0.3, -0.25) is 14.7 Å². The van der Waals surface area contributed by atoms with Gasteiger partial charge in [0.1, 0.15) is 11.5 Å². The Labute approximate surface area is 145 Å². The molecule has 1 aliphatic rings. The minimum absolute atomic E-state index is 0.114. The number of nitrogens with zero attached hydrogens (tertiary/aromatic N) is 3. The molecule has 2 aromatic rings. The lowest BCUT2D eigenvalue weighted by atomic mass is 9.88. The van der Waals surface area contributed by atoms with Crippen molar-refractivity contribution in [1.82, 2.24) is 14.9 Å². The lowest BCUT2D eigenvalue weighted by Crippen LogP contribution is -2.38. The molecule has 7 heteroatoms. The summed E-state index contributed by atoms with van der Waals surface area (Å²) in [6, 6.07) is 6.55. The number of likely N-dealkylation sites (tertiary alicyclic amines) is 1. The predicted molar refractivity (Wildman–Crippen MR) is 92.2 cm³/mol. The van der Waals surface area contributed by atoms with E-state index in [0.29, 0.717) is 29.9 Å². The summed E-state index contributed by atoms with van der Waals surface area (Å²) >= 11 is 0. The van der Waals surface area contributed by atoms with Gasteiger partial charge in [-0.15, -0.1) is 0 Å². The lowest BCUT2D eigenvalue weighted by molar-refractivity contribution is 0.195. The van der Waals surface area contributed by atoms with Crippen LogP contribution in [-0.4, -0.2) is 38.9 Å². The van der Waals surface area contributed by atoms with Gasteiger partial charge in [-0.2, -0.15) is 0 Å². The fraction of sp³-hybridized carbons (Fsp3) is 0.389. The number of hydrogen-bond donors (Lipinski definition) is 2. The highest BCUT2D eigenvalue weighted by molar-refractivity contribution is 5.88. The molecule has 1 fully saturated rings. The number of aromatic amines is 1. The van der Waals surface area contributed by atoms with Crippen LogP contribution >= 0.6 is 0 Å². The number of hydrogen-bond acceptors (Lipinski definition) is 5. The van der Waals surface area contributed by atoms with E-state index >= 15 is 0 Å². The molecule has 0 radical (unpaired) electrons. The summed E-state index contributed by atoms with van der Waals surface area (Å²) in [7, 11) is 0. The third-order valence-electron chi connectivity index (χ3n) is 4.67. The van der Waals surface area contributed by atoms with Gasteiger partial charge in [0.25, 0.3) is 5.56 Å². The van der Waals surface area contributed by atoms with Crippen LogP contribution in [0.2, 0.25) is 0 Å². The predicted octanol–water partition coefficient (Wildman–Crippen LogP) is 2.19. The minimum Gasteiger partial charge on any atom is -0.411 e. The normalized spacial score (nSPS) is 16.9. The van der Waals surface area contributed by atoms with Crippen LogP contribution in [0.4, 0.5) is 4.39 Å². The zero-order valence-corrected chi connectivity index (χ0v) is 13.9. The van der Waals surface area contributed by atoms with Crippen molar-refractivity contribution < 1.29 is 9.60 Å². The van der Waals surface area contributed by atoms with E-state index in [1.165, 1.54) is 12.3 Å². The van der Waals surface area contributed by atoms with Gasteiger partial charge in [-0.25, -0.2) is 4.39 Å². The molecule has 1 aromatic carbocycles. The number of benzene rings is 1. The molecule has 2 heterocycles. The van der Waals surface area contributed by atoms with Crippen LogP contribution in [0.5, 0.6) is 0 Å². The molecule has 0 amide bonds. The van der Waals surface area contributed by atoms with E-state index in [1.54, 1.807) is 24.4 Å². The van der Waals surface area contributed by atoms with Gasteiger partial charge in [0.05, 0.1) is 5.71 Å². The number of nitrogens with one attached hydrogen (secondary N) is 1. The maximum atomic E-state index is 13.8. The molecule has 1 saturated heterocycles. The van der Waals surface area contributed by atoms with Gasteiger partial charge in [0.2, 0.25) is 0 Å². The molecule has 0 spiro atoms.